The first-order chi connectivity index (χ1) is 15.8. The third-order valence-corrected chi connectivity index (χ3v) is 4.66. The number of carbonyl (C=O) groups excluding carboxylic acids is 1. The average molecular weight is 457 g/mol. The molecule has 2 heterocycles. The van der Waals surface area contributed by atoms with E-state index in [4.69, 9.17) is 10.8 Å². The van der Waals surface area contributed by atoms with Crippen LogP contribution in [0.2, 0.25) is 0 Å². The smallest absolute Gasteiger partial charge is 0.276 e. The number of amides is 1. The van der Waals surface area contributed by atoms with E-state index in [0.717, 1.165) is 11.8 Å². The molecule has 3 aromatic rings. The third-order valence-electron chi connectivity index (χ3n) is 4.66. The zero-order valence-corrected chi connectivity index (χ0v) is 17.2. The molecule has 8 N–H and O–H groups in total. The van der Waals surface area contributed by atoms with Gasteiger partial charge in [-0.05, 0) is 12.1 Å². The second kappa shape index (κ2) is 10.7. The highest BCUT2D eigenvalue weighted by Crippen LogP contribution is 2.19. The van der Waals surface area contributed by atoms with E-state index in [0.29, 0.717) is 5.69 Å². The van der Waals surface area contributed by atoms with Crippen LogP contribution in [-0.4, -0.2) is 88.7 Å². The van der Waals surface area contributed by atoms with Crippen molar-refractivity contribution in [3.8, 4) is 17.1 Å². The zero-order chi connectivity index (χ0) is 24.0. The van der Waals surface area contributed by atoms with Gasteiger partial charge in [-0.15, -0.1) is 10.2 Å². The molecule has 4 atom stereocenters. The second-order valence-electron chi connectivity index (χ2n) is 6.94. The Morgan fingerprint density at radius 1 is 1.09 bits per heavy atom. The number of nitrogens with zero attached hydrogens (tertiary/aromatic N) is 5. The normalized spacial score (nSPS) is 15.2. The monoisotopic (exact) mass is 457 g/mol. The van der Waals surface area contributed by atoms with Gasteiger partial charge in [0.2, 0.25) is 0 Å². The molecule has 0 saturated carbocycles. The van der Waals surface area contributed by atoms with Crippen LogP contribution < -0.4 is 11.2 Å². The fourth-order valence-corrected chi connectivity index (χ4v) is 2.77. The summed E-state index contributed by atoms with van der Waals surface area (Å²) >= 11 is 0. The molecule has 0 saturated heterocycles. The largest absolute Gasteiger partial charge is 0.394 e. The van der Waals surface area contributed by atoms with E-state index < -0.39 is 36.9 Å². The molecule has 1 aromatic carbocycles. The van der Waals surface area contributed by atoms with Crippen molar-refractivity contribution in [3.05, 3.63) is 54.2 Å². The number of nitrogens with two attached hydrogens (primary N) is 1. The van der Waals surface area contributed by atoms with Gasteiger partial charge in [-0.25, -0.2) is 5.43 Å². The van der Waals surface area contributed by atoms with Gasteiger partial charge in [-0.2, -0.15) is 14.9 Å². The number of aliphatic hydroxyl groups is 5. The lowest BCUT2D eigenvalue weighted by Crippen LogP contribution is -2.46. The average Bonchev–Trinajstić information content (AvgIpc) is 3.24. The van der Waals surface area contributed by atoms with Crippen molar-refractivity contribution in [2.45, 2.75) is 24.4 Å². The van der Waals surface area contributed by atoms with Gasteiger partial charge in [0.05, 0.1) is 24.7 Å². The third kappa shape index (κ3) is 5.54. The predicted octanol–water partition coefficient (Wildman–Crippen LogP) is -1.94. The Morgan fingerprint density at radius 2 is 1.82 bits per heavy atom. The number of hydrogen-bond donors (Lipinski definition) is 7. The molecule has 13 nitrogen and oxygen atoms in total. The van der Waals surface area contributed by atoms with E-state index in [9.17, 15) is 25.2 Å². The van der Waals surface area contributed by atoms with E-state index in [-0.39, 0.29) is 17.2 Å². The van der Waals surface area contributed by atoms with Gasteiger partial charge >= 0.3 is 0 Å². The molecule has 13 heteroatoms. The lowest BCUT2D eigenvalue weighted by molar-refractivity contribution is -0.0999. The maximum atomic E-state index is 12.3. The van der Waals surface area contributed by atoms with Crippen LogP contribution in [0.3, 0.4) is 0 Å². The Morgan fingerprint density at radius 3 is 2.45 bits per heavy atom. The van der Waals surface area contributed by atoms with Crippen LogP contribution in [0, 0.1) is 0 Å². The first-order valence-corrected chi connectivity index (χ1v) is 9.73. The molecule has 0 aliphatic rings. The van der Waals surface area contributed by atoms with Crippen LogP contribution in [0.1, 0.15) is 10.4 Å². The number of hydrazone groups is 1. The molecule has 174 valence electrons. The Bertz CT molecular complexity index is 1090. The number of benzene rings is 1. The highest BCUT2D eigenvalue weighted by atomic mass is 16.4. The summed E-state index contributed by atoms with van der Waals surface area (Å²) in [5.74, 6) is -0.516. The summed E-state index contributed by atoms with van der Waals surface area (Å²) in [6.45, 7) is -0.818. The predicted molar refractivity (Wildman–Crippen MR) is 116 cm³/mol. The number of aliphatic hydroxyl groups excluding tert-OH is 5. The minimum Gasteiger partial charge on any atom is -0.394 e. The van der Waals surface area contributed by atoms with Crippen molar-refractivity contribution in [1.82, 2.24) is 25.4 Å². The van der Waals surface area contributed by atoms with Crippen LogP contribution in [0.25, 0.3) is 17.1 Å². The number of aromatic nitrogens is 4. The van der Waals surface area contributed by atoms with Crippen LogP contribution in [-0.2, 0) is 0 Å². The first-order valence-electron chi connectivity index (χ1n) is 9.73. The quantitative estimate of drug-likeness (QED) is 0.139. The summed E-state index contributed by atoms with van der Waals surface area (Å²) in [7, 11) is 0. The number of rotatable bonds is 9. The molecule has 0 spiro atoms. The lowest BCUT2D eigenvalue weighted by atomic mass is 10.0. The van der Waals surface area contributed by atoms with Crippen molar-refractivity contribution >= 4 is 17.9 Å². The maximum absolute atomic E-state index is 12.3. The molecular formula is C20H23N7O6. The van der Waals surface area contributed by atoms with Crippen LogP contribution in [0.15, 0.2) is 53.8 Å². The molecule has 0 aliphatic heterocycles. The molecule has 33 heavy (non-hydrogen) atoms. The van der Waals surface area contributed by atoms with Crippen LogP contribution >= 0.6 is 0 Å². The summed E-state index contributed by atoms with van der Waals surface area (Å²) in [4.78, 5) is 12.3. The van der Waals surface area contributed by atoms with Gasteiger partial charge in [-0.3, -0.25) is 4.79 Å². The standard InChI is InChI=1S/C20H23N7O6/c21-19-12(20(33)26-22-9-14(29)17(31)18(32)15(30)10-28)8-23-27(19)16-7-6-13(24-25-16)11-4-2-1-3-5-11/h1-9,14-15,17-18,28-32H,10,21H2,(H,26,33)/b22-9+/t14-,15+,17+,18+/m0/s1. The highest BCUT2D eigenvalue weighted by molar-refractivity contribution is 5.98. The van der Waals surface area contributed by atoms with Gasteiger partial charge in [0.1, 0.15) is 35.8 Å². The Hall–Kier alpha value is -3.75. The topological polar surface area (TPSA) is 212 Å². The lowest BCUT2D eigenvalue weighted by Gasteiger charge is -2.23. The van der Waals surface area contributed by atoms with Crippen LogP contribution in [0.5, 0.6) is 0 Å². The van der Waals surface area contributed by atoms with Crippen LogP contribution in [0.4, 0.5) is 5.82 Å². The summed E-state index contributed by atoms with van der Waals surface area (Å²) in [5.41, 5.74) is 9.59. The molecule has 0 bridgehead atoms. The van der Waals surface area contributed by atoms with Gasteiger partial charge in [0, 0.05) is 5.56 Å². The molecular weight excluding hydrogens is 434 g/mol. The van der Waals surface area contributed by atoms with E-state index in [2.05, 4.69) is 25.8 Å². The number of hydrogen-bond acceptors (Lipinski definition) is 11. The highest BCUT2D eigenvalue weighted by Gasteiger charge is 2.29. The Balaban J connectivity index is 1.65. The summed E-state index contributed by atoms with van der Waals surface area (Å²) in [5, 5.41) is 62.9. The van der Waals surface area contributed by atoms with Crippen molar-refractivity contribution in [2.24, 2.45) is 5.10 Å². The van der Waals surface area contributed by atoms with E-state index >= 15 is 0 Å². The zero-order valence-electron chi connectivity index (χ0n) is 17.2. The van der Waals surface area contributed by atoms with Crippen molar-refractivity contribution < 1.29 is 30.3 Å². The molecule has 3 rings (SSSR count). The molecule has 0 fully saturated rings. The first kappa shape index (κ1) is 23.9. The maximum Gasteiger partial charge on any atom is 0.276 e. The van der Waals surface area contributed by atoms with E-state index in [1.54, 1.807) is 12.1 Å². The Kier molecular flexibility index (Phi) is 7.76. The van der Waals surface area contributed by atoms with Crippen molar-refractivity contribution in [3.63, 3.8) is 0 Å². The minimum atomic E-state index is -1.85. The number of carbonyl (C=O) groups is 1. The van der Waals surface area contributed by atoms with E-state index in [1.165, 1.54) is 10.9 Å². The fourth-order valence-electron chi connectivity index (χ4n) is 2.77. The number of nitrogens with one attached hydrogen (secondary N) is 1. The summed E-state index contributed by atoms with van der Waals surface area (Å²) in [6, 6.07) is 12.8. The molecule has 1 amide bonds. The molecule has 0 unspecified atom stereocenters. The fraction of sp³-hybridized carbons (Fsp3) is 0.250. The second-order valence-corrected chi connectivity index (χ2v) is 6.94. The van der Waals surface area contributed by atoms with Gasteiger partial charge in [0.15, 0.2) is 5.82 Å². The van der Waals surface area contributed by atoms with Gasteiger partial charge in [0.25, 0.3) is 5.91 Å². The number of nitrogen functional groups attached to an aromatic ring is 1. The van der Waals surface area contributed by atoms with Gasteiger partial charge in [-0.1, -0.05) is 30.3 Å². The Labute approximate surface area is 187 Å². The van der Waals surface area contributed by atoms with Gasteiger partial charge < -0.3 is 31.3 Å². The van der Waals surface area contributed by atoms with E-state index in [1.807, 2.05) is 30.3 Å². The minimum absolute atomic E-state index is 0.0353. The molecule has 2 aromatic heterocycles. The van der Waals surface area contributed by atoms with Crippen molar-refractivity contribution in [1.29, 1.82) is 0 Å². The van der Waals surface area contributed by atoms with Crippen molar-refractivity contribution in [2.75, 3.05) is 12.3 Å². The summed E-state index contributed by atoms with van der Waals surface area (Å²) in [6.07, 6.45) is -5.13. The molecule has 0 radical (unpaired) electrons. The number of anilines is 1. The molecule has 0 aliphatic carbocycles. The SMILES string of the molecule is Nc1c(C(=O)N/N=C/[C@H](O)[C@@H](O)[C@H](O)[C@H](O)CO)cnn1-c1ccc(-c2ccccc2)nn1. The summed E-state index contributed by atoms with van der Waals surface area (Å²) < 4.78 is 1.21.